The molecular formula is C20H36O3. The standard InChI is InChI=1S/C20H36O3/c1-16(10-8-12-20(2,3)23)9-6-4-5-7-11-17-13-18(21)15-19(22)14-17/h5,7,11,16,18-19,21-23H,4,6,8-10,12-15H2,1-3H3/b7-5+/t16?,18-,19-/m1/s1. The maximum absolute atomic E-state index is 9.70. The van der Waals surface area contributed by atoms with E-state index in [0.29, 0.717) is 25.2 Å². The molecule has 0 radical (unpaired) electrons. The van der Waals surface area contributed by atoms with Gasteiger partial charge >= 0.3 is 0 Å². The van der Waals surface area contributed by atoms with Crippen LogP contribution in [0, 0.1) is 5.92 Å². The zero-order valence-electron chi connectivity index (χ0n) is 15.2. The zero-order chi connectivity index (χ0) is 17.3. The van der Waals surface area contributed by atoms with Gasteiger partial charge in [0.25, 0.3) is 0 Å². The van der Waals surface area contributed by atoms with E-state index in [1.807, 2.05) is 13.8 Å². The van der Waals surface area contributed by atoms with E-state index in [-0.39, 0.29) is 12.2 Å². The van der Waals surface area contributed by atoms with Crippen molar-refractivity contribution in [2.75, 3.05) is 0 Å². The number of hydrogen-bond donors (Lipinski definition) is 3. The normalized spacial score (nSPS) is 24.2. The highest BCUT2D eigenvalue weighted by atomic mass is 16.3. The van der Waals surface area contributed by atoms with E-state index in [4.69, 9.17) is 0 Å². The van der Waals surface area contributed by atoms with Crippen molar-refractivity contribution in [2.45, 2.75) is 96.4 Å². The third kappa shape index (κ3) is 10.7. The lowest BCUT2D eigenvalue weighted by Gasteiger charge is -2.24. The highest BCUT2D eigenvalue weighted by molar-refractivity contribution is 5.16. The van der Waals surface area contributed by atoms with Gasteiger partial charge in [0.15, 0.2) is 0 Å². The van der Waals surface area contributed by atoms with Gasteiger partial charge in [0.1, 0.15) is 0 Å². The highest BCUT2D eigenvalue weighted by Crippen LogP contribution is 2.24. The van der Waals surface area contributed by atoms with Gasteiger partial charge in [-0.05, 0) is 58.3 Å². The van der Waals surface area contributed by atoms with Gasteiger partial charge in [-0.3, -0.25) is 0 Å². The van der Waals surface area contributed by atoms with Crippen LogP contribution < -0.4 is 0 Å². The molecule has 0 aromatic heterocycles. The van der Waals surface area contributed by atoms with E-state index < -0.39 is 5.60 Å². The van der Waals surface area contributed by atoms with Gasteiger partial charge in [-0.2, -0.15) is 0 Å². The molecule has 0 aromatic rings. The van der Waals surface area contributed by atoms with E-state index in [0.717, 1.165) is 24.8 Å². The summed E-state index contributed by atoms with van der Waals surface area (Å²) in [4.78, 5) is 0. The summed E-state index contributed by atoms with van der Waals surface area (Å²) < 4.78 is 0. The SMILES string of the molecule is CC(CCC/C=C/C=C1C[C@@H](O)C[C@H](O)C1)CCCC(C)(C)O. The molecule has 0 aliphatic heterocycles. The molecule has 3 heteroatoms. The van der Waals surface area contributed by atoms with Crippen LogP contribution in [0.1, 0.15) is 78.6 Å². The summed E-state index contributed by atoms with van der Waals surface area (Å²) >= 11 is 0. The lowest BCUT2D eigenvalue weighted by molar-refractivity contribution is 0.0609. The molecule has 1 fully saturated rings. The molecule has 0 saturated heterocycles. The number of rotatable bonds is 9. The van der Waals surface area contributed by atoms with Crippen molar-refractivity contribution in [3.05, 3.63) is 23.8 Å². The second kappa shape index (κ2) is 10.3. The average Bonchev–Trinajstić information content (AvgIpc) is 2.40. The fourth-order valence-corrected chi connectivity index (χ4v) is 3.22. The first-order valence-electron chi connectivity index (χ1n) is 9.19. The van der Waals surface area contributed by atoms with Crippen LogP contribution in [-0.2, 0) is 0 Å². The average molecular weight is 325 g/mol. The Morgan fingerprint density at radius 3 is 2.35 bits per heavy atom. The quantitative estimate of drug-likeness (QED) is 0.559. The maximum atomic E-state index is 9.70. The van der Waals surface area contributed by atoms with Gasteiger partial charge < -0.3 is 15.3 Å². The number of hydrogen-bond acceptors (Lipinski definition) is 3. The third-order valence-corrected chi connectivity index (χ3v) is 4.56. The fourth-order valence-electron chi connectivity index (χ4n) is 3.22. The van der Waals surface area contributed by atoms with Crippen molar-refractivity contribution in [3.63, 3.8) is 0 Å². The van der Waals surface area contributed by atoms with Crippen molar-refractivity contribution in [3.8, 4) is 0 Å². The number of allylic oxidation sites excluding steroid dienone is 3. The molecular weight excluding hydrogens is 288 g/mol. The first kappa shape index (κ1) is 20.4. The molecule has 0 spiro atoms. The molecule has 134 valence electrons. The number of unbranched alkanes of at least 4 members (excludes halogenated alkanes) is 1. The molecule has 0 heterocycles. The molecule has 1 rings (SSSR count). The van der Waals surface area contributed by atoms with Crippen molar-refractivity contribution in [1.82, 2.24) is 0 Å². The minimum Gasteiger partial charge on any atom is -0.393 e. The van der Waals surface area contributed by atoms with Crippen LogP contribution in [0.15, 0.2) is 23.8 Å². The molecule has 0 bridgehead atoms. The summed E-state index contributed by atoms with van der Waals surface area (Å²) in [6.07, 6.45) is 14.1. The Bertz CT molecular complexity index is 367. The maximum Gasteiger partial charge on any atom is 0.0602 e. The van der Waals surface area contributed by atoms with E-state index in [2.05, 4.69) is 25.2 Å². The summed E-state index contributed by atoms with van der Waals surface area (Å²) in [6.45, 7) is 6.05. The predicted molar refractivity (Wildman–Crippen MR) is 96.3 cm³/mol. The summed E-state index contributed by atoms with van der Waals surface area (Å²) in [5.74, 6) is 0.716. The van der Waals surface area contributed by atoms with Gasteiger partial charge in [-0.1, -0.05) is 50.0 Å². The van der Waals surface area contributed by atoms with Gasteiger partial charge in [-0.25, -0.2) is 0 Å². The number of aliphatic hydroxyl groups is 3. The van der Waals surface area contributed by atoms with Crippen LogP contribution in [0.25, 0.3) is 0 Å². The van der Waals surface area contributed by atoms with Gasteiger partial charge in [-0.15, -0.1) is 0 Å². The van der Waals surface area contributed by atoms with Crippen molar-refractivity contribution >= 4 is 0 Å². The number of aliphatic hydroxyl groups excluding tert-OH is 2. The van der Waals surface area contributed by atoms with Crippen molar-refractivity contribution < 1.29 is 15.3 Å². The smallest absolute Gasteiger partial charge is 0.0602 e. The Labute approximate surface area is 142 Å². The summed E-state index contributed by atoms with van der Waals surface area (Å²) in [5.41, 5.74) is 0.614. The summed E-state index contributed by atoms with van der Waals surface area (Å²) in [7, 11) is 0. The van der Waals surface area contributed by atoms with E-state index in [9.17, 15) is 15.3 Å². The predicted octanol–water partition coefficient (Wildman–Crippen LogP) is 4.12. The van der Waals surface area contributed by atoms with Crippen LogP contribution in [0.4, 0.5) is 0 Å². The second-order valence-electron chi connectivity index (χ2n) is 7.95. The van der Waals surface area contributed by atoms with Gasteiger partial charge in [0, 0.05) is 0 Å². The third-order valence-electron chi connectivity index (χ3n) is 4.56. The van der Waals surface area contributed by atoms with Crippen LogP contribution in [0.2, 0.25) is 0 Å². The molecule has 1 aliphatic rings. The van der Waals surface area contributed by atoms with Crippen LogP contribution in [0.5, 0.6) is 0 Å². The molecule has 0 aromatic carbocycles. The topological polar surface area (TPSA) is 60.7 Å². The lowest BCUT2D eigenvalue weighted by Crippen LogP contribution is -2.24. The Morgan fingerprint density at radius 1 is 1.13 bits per heavy atom. The van der Waals surface area contributed by atoms with Gasteiger partial charge in [0.05, 0.1) is 17.8 Å². The monoisotopic (exact) mass is 324 g/mol. The highest BCUT2D eigenvalue weighted by Gasteiger charge is 2.20. The lowest BCUT2D eigenvalue weighted by atomic mass is 9.90. The Morgan fingerprint density at radius 2 is 1.74 bits per heavy atom. The summed E-state index contributed by atoms with van der Waals surface area (Å²) in [6, 6.07) is 0. The molecule has 0 amide bonds. The summed E-state index contributed by atoms with van der Waals surface area (Å²) in [5, 5.41) is 29.0. The minimum atomic E-state index is -0.532. The van der Waals surface area contributed by atoms with E-state index >= 15 is 0 Å². The molecule has 3 atom stereocenters. The molecule has 3 nitrogen and oxygen atoms in total. The van der Waals surface area contributed by atoms with E-state index in [1.165, 1.54) is 19.3 Å². The first-order valence-corrected chi connectivity index (χ1v) is 9.19. The fraction of sp³-hybridized carbons (Fsp3) is 0.800. The molecule has 1 saturated carbocycles. The minimum absolute atomic E-state index is 0.386. The Kier molecular flexibility index (Phi) is 9.11. The molecule has 3 N–H and O–H groups in total. The van der Waals surface area contributed by atoms with Crippen molar-refractivity contribution in [2.24, 2.45) is 5.92 Å². The van der Waals surface area contributed by atoms with Gasteiger partial charge in [0.2, 0.25) is 0 Å². The molecule has 1 aliphatic carbocycles. The second-order valence-corrected chi connectivity index (χ2v) is 7.95. The van der Waals surface area contributed by atoms with Crippen molar-refractivity contribution in [1.29, 1.82) is 0 Å². The first-order chi connectivity index (χ1) is 10.8. The molecule has 23 heavy (non-hydrogen) atoms. The van der Waals surface area contributed by atoms with Crippen LogP contribution in [0.3, 0.4) is 0 Å². The Hall–Kier alpha value is -0.640. The van der Waals surface area contributed by atoms with E-state index in [1.54, 1.807) is 0 Å². The zero-order valence-corrected chi connectivity index (χ0v) is 15.2. The van der Waals surface area contributed by atoms with Crippen LogP contribution in [-0.4, -0.2) is 33.1 Å². The molecule has 1 unspecified atom stereocenters. The van der Waals surface area contributed by atoms with Crippen LogP contribution >= 0.6 is 0 Å². The Balaban J connectivity index is 2.12. The largest absolute Gasteiger partial charge is 0.393 e.